The van der Waals surface area contributed by atoms with Crippen molar-refractivity contribution < 1.29 is 4.58 Å². The van der Waals surface area contributed by atoms with Crippen LogP contribution in [0.3, 0.4) is 0 Å². The highest BCUT2D eigenvalue weighted by atomic mass is 15.2. The average Bonchev–Trinajstić information content (AvgIpc) is 2.11. The maximum Gasteiger partial charge on any atom is 0.242 e. The van der Waals surface area contributed by atoms with Crippen LogP contribution in [0.1, 0.15) is 27.7 Å². The van der Waals surface area contributed by atoms with Crippen molar-refractivity contribution in [1.29, 1.82) is 0 Å². The Labute approximate surface area is 68.7 Å². The van der Waals surface area contributed by atoms with Crippen molar-refractivity contribution >= 4 is 11.9 Å². The van der Waals surface area contributed by atoms with Gasteiger partial charge in [0.15, 0.2) is 0 Å². The summed E-state index contributed by atoms with van der Waals surface area (Å²) in [6.07, 6.45) is 2.31. The van der Waals surface area contributed by atoms with E-state index in [0.29, 0.717) is 6.17 Å². The smallest absolute Gasteiger partial charge is 0.219 e. The number of rotatable bonds is 0. The number of aliphatic imine (C=N–C) groups is 1. The van der Waals surface area contributed by atoms with Crippen LogP contribution in [0.5, 0.6) is 0 Å². The highest BCUT2D eigenvalue weighted by molar-refractivity contribution is 6.30. The molecule has 0 fully saturated rings. The summed E-state index contributed by atoms with van der Waals surface area (Å²) >= 11 is 0. The highest BCUT2D eigenvalue weighted by Gasteiger charge is 2.31. The van der Waals surface area contributed by atoms with Crippen molar-refractivity contribution in [3.8, 4) is 0 Å². The molecule has 0 saturated carbocycles. The molecule has 0 aromatic rings. The molecule has 1 heterocycles. The molecule has 0 spiro atoms. The molecule has 1 atom stereocenters. The van der Waals surface area contributed by atoms with Gasteiger partial charge in [-0.05, 0) is 0 Å². The minimum absolute atomic E-state index is 0.225. The molecular weight excluding hydrogens is 136 g/mol. The summed E-state index contributed by atoms with van der Waals surface area (Å²) in [6, 6.07) is 0. The van der Waals surface area contributed by atoms with Gasteiger partial charge in [0.05, 0.1) is 6.21 Å². The Morgan fingerprint density at radius 1 is 1.45 bits per heavy atom. The maximum absolute atomic E-state index is 4.33. The Morgan fingerprint density at radius 2 is 2.00 bits per heavy atom. The van der Waals surface area contributed by atoms with Crippen molar-refractivity contribution in [2.45, 2.75) is 33.9 Å². The van der Waals surface area contributed by atoms with E-state index in [-0.39, 0.29) is 5.41 Å². The summed E-state index contributed by atoms with van der Waals surface area (Å²) in [7, 11) is 2.10. The summed E-state index contributed by atoms with van der Waals surface area (Å²) in [5.41, 5.74) is 1.55. The molecule has 0 saturated heterocycles. The summed E-state index contributed by atoms with van der Waals surface area (Å²) < 4.78 is 2.22. The molecular formula is C9H17N2+. The van der Waals surface area contributed by atoms with Crippen LogP contribution in [0.15, 0.2) is 4.99 Å². The van der Waals surface area contributed by atoms with Crippen LogP contribution in [0, 0.1) is 5.41 Å². The van der Waals surface area contributed by atoms with E-state index in [1.807, 2.05) is 6.21 Å². The Kier molecular flexibility index (Phi) is 1.87. The van der Waals surface area contributed by atoms with E-state index in [4.69, 9.17) is 0 Å². The van der Waals surface area contributed by atoms with E-state index in [0.717, 1.165) is 0 Å². The largest absolute Gasteiger partial charge is 0.242 e. The molecule has 11 heavy (non-hydrogen) atoms. The molecule has 2 heteroatoms. The summed E-state index contributed by atoms with van der Waals surface area (Å²) in [4.78, 5) is 4.33. The minimum atomic E-state index is 0.225. The van der Waals surface area contributed by atoms with E-state index >= 15 is 0 Å². The predicted molar refractivity (Wildman–Crippen MR) is 48.6 cm³/mol. The summed E-state index contributed by atoms with van der Waals surface area (Å²) in [5.74, 6) is 0. The fourth-order valence-electron chi connectivity index (χ4n) is 1.29. The fourth-order valence-corrected chi connectivity index (χ4v) is 1.29. The second kappa shape index (κ2) is 2.43. The Bertz CT molecular complexity index is 218. The van der Waals surface area contributed by atoms with Crippen LogP contribution in [0.4, 0.5) is 0 Å². The topological polar surface area (TPSA) is 15.4 Å². The molecule has 0 aromatic carbocycles. The van der Waals surface area contributed by atoms with E-state index < -0.39 is 0 Å². The normalized spacial score (nSPS) is 25.0. The van der Waals surface area contributed by atoms with Gasteiger partial charge in [-0.25, -0.2) is 9.57 Å². The lowest BCUT2D eigenvalue weighted by atomic mass is 9.90. The Hall–Kier alpha value is -0.660. The molecule has 1 rings (SSSR count). The first-order chi connectivity index (χ1) is 4.93. The SMILES string of the molecule is CC1N=CC(C(C)(C)C)=[N+]1C. The van der Waals surface area contributed by atoms with Gasteiger partial charge in [-0.3, -0.25) is 0 Å². The maximum atomic E-state index is 4.33. The van der Waals surface area contributed by atoms with E-state index in [9.17, 15) is 0 Å². The van der Waals surface area contributed by atoms with Gasteiger partial charge >= 0.3 is 0 Å². The first kappa shape index (κ1) is 8.44. The highest BCUT2D eigenvalue weighted by Crippen LogP contribution is 2.17. The second-order valence-corrected chi connectivity index (χ2v) is 4.16. The Morgan fingerprint density at radius 3 is 2.18 bits per heavy atom. The van der Waals surface area contributed by atoms with Gasteiger partial charge in [0.2, 0.25) is 11.9 Å². The molecule has 0 amide bonds. The number of hydrogen-bond donors (Lipinski definition) is 0. The minimum Gasteiger partial charge on any atom is -0.219 e. The lowest BCUT2D eigenvalue weighted by Gasteiger charge is -2.13. The van der Waals surface area contributed by atoms with E-state index in [1.54, 1.807) is 0 Å². The van der Waals surface area contributed by atoms with Crippen LogP contribution in [0.2, 0.25) is 0 Å². The van der Waals surface area contributed by atoms with Crippen LogP contribution < -0.4 is 0 Å². The van der Waals surface area contributed by atoms with Gasteiger partial charge in [0.25, 0.3) is 0 Å². The second-order valence-electron chi connectivity index (χ2n) is 4.16. The molecule has 0 N–H and O–H groups in total. The van der Waals surface area contributed by atoms with Gasteiger partial charge in [0.1, 0.15) is 7.05 Å². The quantitative estimate of drug-likeness (QED) is 0.469. The van der Waals surface area contributed by atoms with Gasteiger partial charge in [-0.2, -0.15) is 0 Å². The molecule has 0 radical (unpaired) electrons. The average molecular weight is 153 g/mol. The Balaban J connectivity index is 2.98. The van der Waals surface area contributed by atoms with Crippen molar-refractivity contribution in [3.63, 3.8) is 0 Å². The zero-order valence-corrected chi connectivity index (χ0v) is 8.05. The number of nitrogens with zero attached hydrogens (tertiary/aromatic N) is 2. The van der Waals surface area contributed by atoms with Gasteiger partial charge < -0.3 is 0 Å². The van der Waals surface area contributed by atoms with Gasteiger partial charge in [-0.15, -0.1) is 0 Å². The fraction of sp³-hybridized carbons (Fsp3) is 0.778. The van der Waals surface area contributed by atoms with Gasteiger partial charge in [0, 0.05) is 12.3 Å². The zero-order chi connectivity index (χ0) is 8.65. The molecule has 2 nitrogen and oxygen atoms in total. The van der Waals surface area contributed by atoms with Crippen molar-refractivity contribution in [3.05, 3.63) is 0 Å². The molecule has 1 aliphatic rings. The molecule has 62 valence electrons. The summed E-state index contributed by atoms with van der Waals surface area (Å²) in [6.45, 7) is 8.74. The van der Waals surface area contributed by atoms with E-state index in [1.165, 1.54) is 5.71 Å². The predicted octanol–water partition coefficient (Wildman–Crippen LogP) is 1.55. The van der Waals surface area contributed by atoms with Gasteiger partial charge in [-0.1, -0.05) is 20.8 Å². The molecule has 0 aliphatic carbocycles. The third-order valence-corrected chi connectivity index (χ3v) is 2.12. The lowest BCUT2D eigenvalue weighted by molar-refractivity contribution is -0.529. The number of hydrogen-bond acceptors (Lipinski definition) is 1. The van der Waals surface area contributed by atoms with Crippen LogP contribution in [0.25, 0.3) is 0 Å². The van der Waals surface area contributed by atoms with Crippen molar-refractivity contribution in [2.75, 3.05) is 7.05 Å². The van der Waals surface area contributed by atoms with Crippen LogP contribution in [-0.4, -0.2) is 29.7 Å². The third kappa shape index (κ3) is 1.50. The van der Waals surface area contributed by atoms with E-state index in [2.05, 4.69) is 44.3 Å². The van der Waals surface area contributed by atoms with Crippen molar-refractivity contribution in [2.24, 2.45) is 10.4 Å². The first-order valence-electron chi connectivity index (χ1n) is 4.06. The zero-order valence-electron chi connectivity index (χ0n) is 8.05. The standard InChI is InChI=1S/C9H17N2/c1-7-10-6-8(11(7)5)9(2,3)4/h6-7H,1-5H3/q+1. The monoisotopic (exact) mass is 153 g/mol. The van der Waals surface area contributed by atoms with Crippen LogP contribution >= 0.6 is 0 Å². The third-order valence-electron chi connectivity index (χ3n) is 2.12. The summed E-state index contributed by atoms with van der Waals surface area (Å²) in [5, 5.41) is 0. The lowest BCUT2D eigenvalue weighted by Crippen LogP contribution is -2.29. The first-order valence-corrected chi connectivity index (χ1v) is 4.06. The molecule has 1 aliphatic heterocycles. The molecule has 1 unspecified atom stereocenters. The van der Waals surface area contributed by atoms with Crippen LogP contribution in [-0.2, 0) is 0 Å². The van der Waals surface area contributed by atoms with Crippen molar-refractivity contribution in [1.82, 2.24) is 0 Å². The molecule has 0 aromatic heterocycles. The molecule has 0 bridgehead atoms.